The normalized spacial score (nSPS) is 18.6. The molecular formula is C20H20FN3O4. The molecular weight excluding hydrogens is 365 g/mol. The van der Waals surface area contributed by atoms with E-state index in [-0.39, 0.29) is 29.0 Å². The first-order valence-corrected chi connectivity index (χ1v) is 9.23. The third kappa shape index (κ3) is 3.55. The summed E-state index contributed by atoms with van der Waals surface area (Å²) in [7, 11) is 0. The lowest BCUT2D eigenvalue weighted by Crippen LogP contribution is -2.40. The van der Waals surface area contributed by atoms with Crippen molar-refractivity contribution in [3.05, 3.63) is 69.0 Å². The number of carbonyl (C=O) groups is 1. The summed E-state index contributed by atoms with van der Waals surface area (Å²) < 4.78 is 18.9. The number of nitrogens with one attached hydrogen (secondary N) is 1. The molecule has 2 aromatic rings. The summed E-state index contributed by atoms with van der Waals surface area (Å²) in [4.78, 5) is 25.4. The van der Waals surface area contributed by atoms with Crippen LogP contribution in [0.1, 0.15) is 33.9 Å². The predicted octanol–water partition coefficient (Wildman–Crippen LogP) is 3.31. The molecule has 1 fully saturated rings. The Kier molecular flexibility index (Phi) is 4.95. The fraction of sp³-hybridized carbons (Fsp3) is 0.350. The fourth-order valence-corrected chi connectivity index (χ4v) is 3.80. The fourth-order valence-electron chi connectivity index (χ4n) is 3.80. The number of rotatable bonds is 4. The van der Waals surface area contributed by atoms with Crippen molar-refractivity contribution >= 4 is 17.3 Å². The van der Waals surface area contributed by atoms with Crippen LogP contribution < -0.4 is 5.32 Å². The topological polar surface area (TPSA) is 84.7 Å². The van der Waals surface area contributed by atoms with Gasteiger partial charge in [-0.25, -0.2) is 4.39 Å². The van der Waals surface area contributed by atoms with Crippen LogP contribution in [0.2, 0.25) is 0 Å². The van der Waals surface area contributed by atoms with E-state index < -0.39 is 4.92 Å². The molecule has 0 spiro atoms. The number of halogens is 1. The van der Waals surface area contributed by atoms with E-state index in [2.05, 4.69) is 5.32 Å². The molecule has 2 aliphatic rings. The van der Waals surface area contributed by atoms with Crippen LogP contribution in [0.5, 0.6) is 0 Å². The van der Waals surface area contributed by atoms with Gasteiger partial charge in [0.15, 0.2) is 0 Å². The van der Waals surface area contributed by atoms with Crippen LogP contribution in [0.3, 0.4) is 0 Å². The molecule has 7 nitrogen and oxygen atoms in total. The highest BCUT2D eigenvalue weighted by molar-refractivity contribution is 5.95. The first-order chi connectivity index (χ1) is 13.5. The molecule has 1 N–H and O–H groups in total. The van der Waals surface area contributed by atoms with Crippen molar-refractivity contribution in [3.8, 4) is 0 Å². The van der Waals surface area contributed by atoms with E-state index in [0.717, 1.165) is 24.0 Å². The minimum absolute atomic E-state index is 0.163. The molecule has 1 saturated heterocycles. The van der Waals surface area contributed by atoms with Gasteiger partial charge in [-0.05, 0) is 48.2 Å². The maximum Gasteiger partial charge on any atom is 0.293 e. The van der Waals surface area contributed by atoms with Gasteiger partial charge in [0.25, 0.3) is 11.6 Å². The number of nitro benzene ring substituents is 1. The molecule has 1 unspecified atom stereocenters. The summed E-state index contributed by atoms with van der Waals surface area (Å²) in [6, 6.07) is 8.91. The van der Waals surface area contributed by atoms with E-state index >= 15 is 0 Å². The summed E-state index contributed by atoms with van der Waals surface area (Å²) in [6.07, 6.45) is 1.51. The Hall–Kier alpha value is -3.00. The lowest BCUT2D eigenvalue weighted by molar-refractivity contribution is -0.384. The van der Waals surface area contributed by atoms with Gasteiger partial charge in [-0.2, -0.15) is 0 Å². The lowest BCUT2D eigenvalue weighted by atomic mass is 10.1. The highest BCUT2D eigenvalue weighted by atomic mass is 19.1. The monoisotopic (exact) mass is 385 g/mol. The number of nitro groups is 1. The summed E-state index contributed by atoms with van der Waals surface area (Å²) in [5.41, 5.74) is 2.30. The summed E-state index contributed by atoms with van der Waals surface area (Å²) in [5, 5.41) is 14.8. The van der Waals surface area contributed by atoms with Crippen LogP contribution in [-0.4, -0.2) is 42.0 Å². The summed E-state index contributed by atoms with van der Waals surface area (Å²) >= 11 is 0. The van der Waals surface area contributed by atoms with E-state index in [4.69, 9.17) is 4.74 Å². The second-order valence-corrected chi connectivity index (χ2v) is 6.97. The number of amides is 1. The molecule has 4 rings (SSSR count). The van der Waals surface area contributed by atoms with Crippen molar-refractivity contribution in [1.29, 1.82) is 0 Å². The Morgan fingerprint density at radius 3 is 2.75 bits per heavy atom. The Morgan fingerprint density at radius 2 is 2.00 bits per heavy atom. The van der Waals surface area contributed by atoms with Crippen LogP contribution in [0.25, 0.3) is 0 Å². The van der Waals surface area contributed by atoms with Crippen molar-refractivity contribution in [2.45, 2.75) is 18.9 Å². The van der Waals surface area contributed by atoms with E-state index in [9.17, 15) is 19.3 Å². The molecule has 2 aromatic carbocycles. The summed E-state index contributed by atoms with van der Waals surface area (Å²) in [6.45, 7) is 1.87. The smallest absolute Gasteiger partial charge is 0.293 e. The average Bonchev–Trinajstić information content (AvgIpc) is 3.10. The number of carbonyl (C=O) groups excluding carboxylic acids is 1. The van der Waals surface area contributed by atoms with Gasteiger partial charge < -0.3 is 15.0 Å². The molecule has 146 valence electrons. The molecule has 1 aliphatic heterocycles. The Balaban J connectivity index is 1.59. The predicted molar refractivity (Wildman–Crippen MR) is 101 cm³/mol. The number of anilines is 1. The van der Waals surface area contributed by atoms with Gasteiger partial charge in [0.1, 0.15) is 11.5 Å². The third-order valence-corrected chi connectivity index (χ3v) is 5.26. The second kappa shape index (κ2) is 7.55. The lowest BCUT2D eigenvalue weighted by Gasteiger charge is -2.27. The molecule has 0 saturated carbocycles. The van der Waals surface area contributed by atoms with Gasteiger partial charge in [-0.1, -0.05) is 6.07 Å². The molecule has 0 radical (unpaired) electrons. The second-order valence-electron chi connectivity index (χ2n) is 6.97. The highest BCUT2D eigenvalue weighted by Gasteiger charge is 2.27. The Labute approximate surface area is 161 Å². The average molecular weight is 385 g/mol. The van der Waals surface area contributed by atoms with E-state index in [1.807, 2.05) is 0 Å². The number of nitrogens with zero attached hydrogens (tertiary/aromatic N) is 2. The zero-order valence-electron chi connectivity index (χ0n) is 15.2. The molecule has 1 amide bonds. The quantitative estimate of drug-likeness (QED) is 0.645. The van der Waals surface area contributed by atoms with Crippen LogP contribution in [0.15, 0.2) is 36.4 Å². The molecule has 0 bridgehead atoms. The van der Waals surface area contributed by atoms with Crippen LogP contribution in [0, 0.1) is 15.9 Å². The third-order valence-electron chi connectivity index (χ3n) is 5.26. The van der Waals surface area contributed by atoms with Crippen molar-refractivity contribution in [1.82, 2.24) is 4.90 Å². The zero-order valence-corrected chi connectivity index (χ0v) is 15.2. The minimum atomic E-state index is -0.500. The number of benzene rings is 2. The van der Waals surface area contributed by atoms with Crippen molar-refractivity contribution < 1.29 is 18.8 Å². The number of fused-ring (bicyclic) bond motifs is 1. The maximum atomic E-state index is 13.6. The molecule has 1 atom stereocenters. The SMILES string of the molecule is O=C(c1ccc(NC2CCc3ccc(F)cc32)c([N+](=O)[O-])c1)N1CCOCC1. The molecule has 8 heteroatoms. The minimum Gasteiger partial charge on any atom is -0.378 e. The number of aryl methyl sites for hydroxylation is 1. The van der Waals surface area contributed by atoms with Crippen LogP contribution in [0.4, 0.5) is 15.8 Å². The van der Waals surface area contributed by atoms with Gasteiger partial charge in [0.2, 0.25) is 0 Å². The van der Waals surface area contributed by atoms with Gasteiger partial charge in [0, 0.05) is 24.7 Å². The van der Waals surface area contributed by atoms with E-state index in [0.29, 0.717) is 32.0 Å². The van der Waals surface area contributed by atoms with Crippen molar-refractivity contribution in [2.24, 2.45) is 0 Å². The van der Waals surface area contributed by atoms with Crippen LogP contribution in [-0.2, 0) is 11.2 Å². The standard InChI is InChI=1S/C20H20FN3O4/c21-15-4-1-13-2-5-17(16(13)12-15)22-18-6-3-14(11-19(18)24(26)27)20(25)23-7-9-28-10-8-23/h1,3-4,6,11-12,17,22H,2,5,7-10H2. The number of morpholine rings is 1. The number of ether oxygens (including phenoxy) is 1. The first-order valence-electron chi connectivity index (χ1n) is 9.23. The van der Waals surface area contributed by atoms with Gasteiger partial charge in [0.05, 0.1) is 24.2 Å². The zero-order chi connectivity index (χ0) is 19.7. The first kappa shape index (κ1) is 18.4. The molecule has 1 aliphatic carbocycles. The van der Waals surface area contributed by atoms with E-state index in [1.54, 1.807) is 23.1 Å². The summed E-state index contributed by atoms with van der Waals surface area (Å²) in [5.74, 6) is -0.570. The van der Waals surface area contributed by atoms with Gasteiger partial charge in [-0.15, -0.1) is 0 Å². The van der Waals surface area contributed by atoms with Crippen molar-refractivity contribution in [2.75, 3.05) is 31.6 Å². The van der Waals surface area contributed by atoms with E-state index in [1.165, 1.54) is 18.2 Å². The molecule has 28 heavy (non-hydrogen) atoms. The maximum absolute atomic E-state index is 13.6. The van der Waals surface area contributed by atoms with Gasteiger partial charge in [-0.3, -0.25) is 14.9 Å². The Morgan fingerprint density at radius 1 is 1.21 bits per heavy atom. The Bertz CT molecular complexity index is 928. The molecule has 0 aromatic heterocycles. The van der Waals surface area contributed by atoms with Crippen molar-refractivity contribution in [3.63, 3.8) is 0 Å². The van der Waals surface area contributed by atoms with Gasteiger partial charge >= 0.3 is 0 Å². The largest absolute Gasteiger partial charge is 0.378 e. The number of hydrogen-bond donors (Lipinski definition) is 1. The molecule has 1 heterocycles. The number of hydrogen-bond acceptors (Lipinski definition) is 5. The van der Waals surface area contributed by atoms with Crippen LogP contribution >= 0.6 is 0 Å². The highest BCUT2D eigenvalue weighted by Crippen LogP contribution is 2.37.